The number of hydrogen-bond donors (Lipinski definition) is 1. The Morgan fingerprint density at radius 2 is 2.67 bits per heavy atom. The zero-order valence-corrected chi connectivity index (χ0v) is 8.33. The molecule has 5 heteroatoms. The topological polar surface area (TPSA) is 37.8 Å². The first-order chi connectivity index (χ1) is 5.93. The van der Waals surface area contributed by atoms with Gasteiger partial charge in [0.1, 0.15) is 6.33 Å². The van der Waals surface area contributed by atoms with Crippen LogP contribution in [-0.4, -0.2) is 28.2 Å². The molecule has 0 saturated carbocycles. The maximum Gasteiger partial charge on any atom is 0.169 e. The van der Waals surface area contributed by atoms with Crippen molar-refractivity contribution >= 4 is 23.3 Å². The number of nitrogens with zero attached hydrogens (tertiary/aromatic N) is 2. The van der Waals surface area contributed by atoms with Crippen LogP contribution >= 0.6 is 23.3 Å². The van der Waals surface area contributed by atoms with Gasteiger partial charge in [0.25, 0.3) is 0 Å². The molecular formula is C7H11N3S2. The van der Waals surface area contributed by atoms with Crippen LogP contribution in [0.25, 0.3) is 0 Å². The third-order valence-electron chi connectivity index (χ3n) is 1.13. The van der Waals surface area contributed by atoms with Gasteiger partial charge in [-0.25, -0.2) is 4.98 Å². The van der Waals surface area contributed by atoms with E-state index in [1.54, 1.807) is 18.1 Å². The van der Waals surface area contributed by atoms with Gasteiger partial charge in [-0.15, -0.1) is 6.58 Å². The van der Waals surface area contributed by atoms with Gasteiger partial charge in [0.05, 0.1) is 0 Å². The van der Waals surface area contributed by atoms with Gasteiger partial charge in [0.2, 0.25) is 0 Å². The molecule has 0 unspecified atom stereocenters. The molecule has 1 rings (SSSR count). The lowest BCUT2D eigenvalue weighted by molar-refractivity contribution is 0.807. The third-order valence-corrected chi connectivity index (χ3v) is 2.93. The summed E-state index contributed by atoms with van der Waals surface area (Å²) in [5.74, 6) is 1.03. The highest BCUT2D eigenvalue weighted by Crippen LogP contribution is 2.16. The van der Waals surface area contributed by atoms with E-state index in [1.807, 2.05) is 6.08 Å². The second kappa shape index (κ2) is 6.16. The van der Waals surface area contributed by atoms with Crippen molar-refractivity contribution in [2.45, 2.75) is 4.34 Å². The van der Waals surface area contributed by atoms with Crippen LogP contribution in [0.2, 0.25) is 0 Å². The first-order valence-electron chi connectivity index (χ1n) is 3.64. The standard InChI is InChI=1S/C7H11N3S2/c1-2-3-8-4-5-11-7-9-6-10-12-7/h2,6,8H,1,3-5H2. The minimum Gasteiger partial charge on any atom is -0.312 e. The first-order valence-corrected chi connectivity index (χ1v) is 5.40. The molecule has 1 aromatic heterocycles. The van der Waals surface area contributed by atoms with E-state index < -0.39 is 0 Å². The highest BCUT2D eigenvalue weighted by molar-refractivity contribution is 8.00. The van der Waals surface area contributed by atoms with Crippen molar-refractivity contribution in [1.29, 1.82) is 0 Å². The monoisotopic (exact) mass is 201 g/mol. The molecule has 12 heavy (non-hydrogen) atoms. The summed E-state index contributed by atoms with van der Waals surface area (Å²) in [7, 11) is 0. The van der Waals surface area contributed by atoms with Crippen LogP contribution < -0.4 is 5.32 Å². The Kier molecular flexibility index (Phi) is 4.98. The summed E-state index contributed by atoms with van der Waals surface area (Å²) in [4.78, 5) is 4.06. The number of aromatic nitrogens is 2. The van der Waals surface area contributed by atoms with Crippen molar-refractivity contribution in [1.82, 2.24) is 14.7 Å². The number of hydrogen-bond acceptors (Lipinski definition) is 5. The van der Waals surface area contributed by atoms with Gasteiger partial charge >= 0.3 is 0 Å². The summed E-state index contributed by atoms with van der Waals surface area (Å²) >= 11 is 3.17. The van der Waals surface area contributed by atoms with E-state index in [0.29, 0.717) is 0 Å². The third kappa shape index (κ3) is 3.85. The number of nitrogens with one attached hydrogen (secondary N) is 1. The average Bonchev–Trinajstić information content (AvgIpc) is 2.57. The Morgan fingerprint density at radius 3 is 3.33 bits per heavy atom. The van der Waals surface area contributed by atoms with Gasteiger partial charge in [-0.3, -0.25) is 0 Å². The van der Waals surface area contributed by atoms with Crippen molar-refractivity contribution in [3.8, 4) is 0 Å². The molecule has 66 valence electrons. The Bertz CT molecular complexity index is 210. The fourth-order valence-corrected chi connectivity index (χ4v) is 2.05. The molecule has 0 aliphatic heterocycles. The number of rotatable bonds is 6. The molecule has 0 atom stereocenters. The Morgan fingerprint density at radius 1 is 1.75 bits per heavy atom. The summed E-state index contributed by atoms with van der Waals surface area (Å²) in [5, 5.41) is 3.22. The highest BCUT2D eigenvalue weighted by atomic mass is 32.2. The predicted molar refractivity (Wildman–Crippen MR) is 53.7 cm³/mol. The smallest absolute Gasteiger partial charge is 0.169 e. The molecule has 0 bridgehead atoms. The molecule has 0 saturated heterocycles. The van der Waals surface area contributed by atoms with Crippen molar-refractivity contribution in [3.63, 3.8) is 0 Å². The molecule has 0 aromatic carbocycles. The fourth-order valence-electron chi connectivity index (χ4n) is 0.641. The van der Waals surface area contributed by atoms with Crippen LogP contribution in [0, 0.1) is 0 Å². The molecule has 0 aliphatic carbocycles. The van der Waals surface area contributed by atoms with Crippen LogP contribution in [0.4, 0.5) is 0 Å². The SMILES string of the molecule is C=CCNCCSc1ncns1. The average molecular weight is 201 g/mol. The van der Waals surface area contributed by atoms with Gasteiger partial charge in [-0.05, 0) is 11.5 Å². The minimum absolute atomic E-state index is 0.872. The van der Waals surface area contributed by atoms with E-state index in [4.69, 9.17) is 0 Å². The molecule has 3 nitrogen and oxygen atoms in total. The van der Waals surface area contributed by atoms with Crippen molar-refractivity contribution in [2.24, 2.45) is 0 Å². The van der Waals surface area contributed by atoms with E-state index in [-0.39, 0.29) is 0 Å². The van der Waals surface area contributed by atoms with Gasteiger partial charge in [-0.1, -0.05) is 17.8 Å². The lowest BCUT2D eigenvalue weighted by atomic mass is 10.6. The summed E-state index contributed by atoms with van der Waals surface area (Å²) < 4.78 is 4.95. The van der Waals surface area contributed by atoms with Crippen molar-refractivity contribution in [2.75, 3.05) is 18.8 Å². The summed E-state index contributed by atoms with van der Waals surface area (Å²) in [6.45, 7) is 5.47. The Labute approximate surface area is 80.5 Å². The maximum atomic E-state index is 4.06. The quantitative estimate of drug-likeness (QED) is 0.429. The lowest BCUT2D eigenvalue weighted by Gasteiger charge is -1.97. The molecule has 0 spiro atoms. The first kappa shape index (κ1) is 9.70. The van der Waals surface area contributed by atoms with Crippen LogP contribution in [0.5, 0.6) is 0 Å². The Balaban J connectivity index is 2.00. The van der Waals surface area contributed by atoms with E-state index in [1.165, 1.54) is 11.5 Å². The van der Waals surface area contributed by atoms with Crippen molar-refractivity contribution in [3.05, 3.63) is 19.0 Å². The minimum atomic E-state index is 0.872. The second-order valence-electron chi connectivity index (χ2n) is 2.05. The molecule has 1 aromatic rings. The van der Waals surface area contributed by atoms with Crippen LogP contribution in [-0.2, 0) is 0 Å². The van der Waals surface area contributed by atoms with E-state index >= 15 is 0 Å². The van der Waals surface area contributed by atoms with E-state index in [2.05, 4.69) is 21.3 Å². The molecule has 0 amide bonds. The fraction of sp³-hybridized carbons (Fsp3) is 0.429. The van der Waals surface area contributed by atoms with Gasteiger partial charge in [0.15, 0.2) is 4.34 Å². The van der Waals surface area contributed by atoms with Crippen LogP contribution in [0.3, 0.4) is 0 Å². The maximum absolute atomic E-state index is 4.06. The zero-order chi connectivity index (χ0) is 8.65. The zero-order valence-electron chi connectivity index (χ0n) is 6.69. The molecule has 0 aliphatic rings. The van der Waals surface area contributed by atoms with Gasteiger partial charge in [-0.2, -0.15) is 4.37 Å². The molecule has 1 heterocycles. The molecule has 1 N–H and O–H groups in total. The molecule has 0 fully saturated rings. The largest absolute Gasteiger partial charge is 0.312 e. The Hall–Kier alpha value is -0.390. The summed E-state index contributed by atoms with van der Waals surface area (Å²) in [6, 6.07) is 0. The predicted octanol–water partition coefficient (Wildman–Crippen LogP) is 1.41. The lowest BCUT2D eigenvalue weighted by Crippen LogP contribution is -2.16. The van der Waals surface area contributed by atoms with Gasteiger partial charge in [0, 0.05) is 18.8 Å². The molecule has 0 radical (unpaired) electrons. The normalized spacial score (nSPS) is 10.0. The highest BCUT2D eigenvalue weighted by Gasteiger charge is 1.95. The molecular weight excluding hydrogens is 190 g/mol. The second-order valence-corrected chi connectivity index (χ2v) is 4.17. The summed E-state index contributed by atoms with van der Waals surface area (Å²) in [5.41, 5.74) is 0. The van der Waals surface area contributed by atoms with E-state index in [9.17, 15) is 0 Å². The van der Waals surface area contributed by atoms with Crippen LogP contribution in [0.1, 0.15) is 0 Å². The number of thioether (sulfide) groups is 1. The van der Waals surface area contributed by atoms with Crippen LogP contribution in [0.15, 0.2) is 23.3 Å². The summed E-state index contributed by atoms with van der Waals surface area (Å²) in [6.07, 6.45) is 3.44. The van der Waals surface area contributed by atoms with Gasteiger partial charge < -0.3 is 5.32 Å². The van der Waals surface area contributed by atoms with E-state index in [0.717, 1.165) is 23.2 Å². The van der Waals surface area contributed by atoms with Crippen molar-refractivity contribution < 1.29 is 0 Å².